The van der Waals surface area contributed by atoms with Crippen LogP contribution in [0.2, 0.25) is 10.3 Å². The lowest BCUT2D eigenvalue weighted by Crippen LogP contribution is -2.04. The van der Waals surface area contributed by atoms with Gasteiger partial charge in [-0.05, 0) is 42.4 Å². The highest BCUT2D eigenvalue weighted by Gasteiger charge is 2.12. The molecule has 2 heterocycles. The SMILES string of the molecule is CC(C)Cc1c(CCc2[nH]nc(Cl)c2N)ccnc1Cl. The molecule has 0 aliphatic rings. The Hall–Kier alpha value is -1.26. The summed E-state index contributed by atoms with van der Waals surface area (Å²) < 4.78 is 0. The predicted molar refractivity (Wildman–Crippen MR) is 83.2 cm³/mol. The number of nitrogens with zero attached hydrogens (tertiary/aromatic N) is 2. The lowest BCUT2D eigenvalue weighted by Gasteiger charge is -2.12. The number of nitrogens with one attached hydrogen (secondary N) is 1. The van der Waals surface area contributed by atoms with Crippen molar-refractivity contribution >= 4 is 28.9 Å². The summed E-state index contributed by atoms with van der Waals surface area (Å²) in [5, 5.41) is 7.68. The van der Waals surface area contributed by atoms with Crippen molar-refractivity contribution in [2.75, 3.05) is 5.73 Å². The van der Waals surface area contributed by atoms with Gasteiger partial charge in [0.1, 0.15) is 5.15 Å². The second kappa shape index (κ2) is 6.46. The van der Waals surface area contributed by atoms with Crippen LogP contribution in [0.25, 0.3) is 0 Å². The first-order valence-corrected chi connectivity index (χ1v) is 7.35. The predicted octanol–water partition coefficient (Wildman–Crippen LogP) is 3.68. The molecule has 0 unspecified atom stereocenters. The number of rotatable bonds is 5. The molecule has 2 aromatic heterocycles. The van der Waals surface area contributed by atoms with Gasteiger partial charge in [0.15, 0.2) is 5.15 Å². The molecule has 0 aliphatic carbocycles. The molecule has 2 rings (SSSR count). The molecule has 0 radical (unpaired) electrons. The van der Waals surface area contributed by atoms with Crippen LogP contribution in [0.1, 0.15) is 30.7 Å². The van der Waals surface area contributed by atoms with Gasteiger partial charge in [-0.15, -0.1) is 0 Å². The van der Waals surface area contributed by atoms with Crippen LogP contribution in [0.5, 0.6) is 0 Å². The van der Waals surface area contributed by atoms with Gasteiger partial charge in [-0.25, -0.2) is 4.98 Å². The summed E-state index contributed by atoms with van der Waals surface area (Å²) >= 11 is 12.1. The van der Waals surface area contributed by atoms with E-state index < -0.39 is 0 Å². The minimum absolute atomic E-state index is 0.329. The van der Waals surface area contributed by atoms with E-state index in [2.05, 4.69) is 29.0 Å². The van der Waals surface area contributed by atoms with E-state index in [0.29, 0.717) is 21.9 Å². The first-order chi connectivity index (χ1) is 9.49. The number of pyridine rings is 1. The quantitative estimate of drug-likeness (QED) is 0.828. The Morgan fingerprint density at radius 3 is 2.60 bits per heavy atom. The van der Waals surface area contributed by atoms with Crippen molar-refractivity contribution in [3.63, 3.8) is 0 Å². The molecule has 0 aliphatic heterocycles. The average molecular weight is 313 g/mol. The lowest BCUT2D eigenvalue weighted by molar-refractivity contribution is 0.640. The largest absolute Gasteiger partial charge is 0.395 e. The van der Waals surface area contributed by atoms with Crippen LogP contribution in [0.4, 0.5) is 5.69 Å². The third-order valence-corrected chi connectivity index (χ3v) is 3.81. The Balaban J connectivity index is 2.17. The van der Waals surface area contributed by atoms with Gasteiger partial charge in [-0.1, -0.05) is 37.0 Å². The van der Waals surface area contributed by atoms with Gasteiger partial charge in [-0.3, -0.25) is 5.10 Å². The third-order valence-electron chi connectivity index (χ3n) is 3.19. The molecule has 4 nitrogen and oxygen atoms in total. The highest BCUT2D eigenvalue weighted by Crippen LogP contribution is 2.24. The Morgan fingerprint density at radius 1 is 1.25 bits per heavy atom. The minimum atomic E-state index is 0.329. The third kappa shape index (κ3) is 3.44. The van der Waals surface area contributed by atoms with Crippen LogP contribution >= 0.6 is 23.2 Å². The fraction of sp³-hybridized carbons (Fsp3) is 0.429. The van der Waals surface area contributed by atoms with Crippen molar-refractivity contribution in [2.45, 2.75) is 33.1 Å². The monoisotopic (exact) mass is 312 g/mol. The summed E-state index contributed by atoms with van der Waals surface area (Å²) in [6, 6.07) is 2.01. The summed E-state index contributed by atoms with van der Waals surface area (Å²) in [5.74, 6) is 0.530. The molecule has 108 valence electrons. The standard InChI is InChI=1S/C14H18Cl2N4/c1-8(2)7-10-9(5-6-18-13(10)15)3-4-11-12(17)14(16)20-19-11/h5-6,8H,3-4,7,17H2,1-2H3,(H,19,20). The van der Waals surface area contributed by atoms with Crippen LogP contribution in [0, 0.1) is 5.92 Å². The van der Waals surface area contributed by atoms with E-state index in [0.717, 1.165) is 30.5 Å². The number of aryl methyl sites for hydroxylation is 2. The zero-order chi connectivity index (χ0) is 14.7. The van der Waals surface area contributed by atoms with Gasteiger partial charge in [0.05, 0.1) is 11.4 Å². The number of hydrogen-bond acceptors (Lipinski definition) is 3. The molecule has 0 aromatic carbocycles. The van der Waals surface area contributed by atoms with E-state index in [-0.39, 0.29) is 0 Å². The molecule has 2 aromatic rings. The molecule has 0 fully saturated rings. The fourth-order valence-electron chi connectivity index (χ4n) is 2.17. The maximum Gasteiger partial charge on any atom is 0.173 e. The summed E-state index contributed by atoms with van der Waals surface area (Å²) in [7, 11) is 0. The fourth-order valence-corrected chi connectivity index (χ4v) is 2.58. The highest BCUT2D eigenvalue weighted by molar-refractivity contribution is 6.32. The number of aromatic nitrogens is 3. The summed E-state index contributed by atoms with van der Waals surface area (Å²) in [6.07, 6.45) is 4.23. The topological polar surface area (TPSA) is 67.6 Å². The van der Waals surface area contributed by atoms with Crippen LogP contribution in [0.15, 0.2) is 12.3 Å². The molecular formula is C14H18Cl2N4. The van der Waals surface area contributed by atoms with Crippen molar-refractivity contribution in [1.82, 2.24) is 15.2 Å². The number of anilines is 1. The second-order valence-corrected chi connectivity index (χ2v) is 5.96. The van der Waals surface area contributed by atoms with E-state index in [4.69, 9.17) is 28.9 Å². The summed E-state index contributed by atoms with van der Waals surface area (Å²) in [5.41, 5.74) is 9.55. The number of hydrogen-bond donors (Lipinski definition) is 2. The second-order valence-electron chi connectivity index (χ2n) is 5.24. The van der Waals surface area contributed by atoms with Crippen molar-refractivity contribution in [1.29, 1.82) is 0 Å². The molecule has 0 saturated heterocycles. The van der Waals surface area contributed by atoms with Gasteiger partial charge in [-0.2, -0.15) is 5.10 Å². The van der Waals surface area contributed by atoms with Crippen LogP contribution in [0.3, 0.4) is 0 Å². The Kier molecular flexibility index (Phi) is 4.89. The first-order valence-electron chi connectivity index (χ1n) is 6.59. The zero-order valence-corrected chi connectivity index (χ0v) is 13.1. The molecule has 0 atom stereocenters. The van der Waals surface area contributed by atoms with Crippen molar-refractivity contribution in [3.05, 3.63) is 39.4 Å². The molecular weight excluding hydrogens is 295 g/mol. The van der Waals surface area contributed by atoms with E-state index in [1.807, 2.05) is 6.07 Å². The van der Waals surface area contributed by atoms with Gasteiger partial charge in [0.2, 0.25) is 0 Å². The number of nitrogen functional groups attached to an aromatic ring is 1. The molecule has 0 amide bonds. The van der Waals surface area contributed by atoms with E-state index in [9.17, 15) is 0 Å². The Morgan fingerprint density at radius 2 is 2.00 bits per heavy atom. The minimum Gasteiger partial charge on any atom is -0.395 e. The van der Waals surface area contributed by atoms with Gasteiger partial charge in [0.25, 0.3) is 0 Å². The van der Waals surface area contributed by atoms with Crippen molar-refractivity contribution in [2.24, 2.45) is 5.92 Å². The van der Waals surface area contributed by atoms with Crippen LogP contribution in [-0.2, 0) is 19.3 Å². The normalized spacial score (nSPS) is 11.2. The maximum absolute atomic E-state index is 6.21. The molecule has 0 saturated carbocycles. The highest BCUT2D eigenvalue weighted by atomic mass is 35.5. The number of halogens is 2. The summed E-state index contributed by atoms with van der Waals surface area (Å²) in [4.78, 5) is 4.17. The lowest BCUT2D eigenvalue weighted by atomic mass is 9.97. The van der Waals surface area contributed by atoms with E-state index in [1.165, 1.54) is 5.56 Å². The van der Waals surface area contributed by atoms with Gasteiger partial charge < -0.3 is 5.73 Å². The van der Waals surface area contributed by atoms with Crippen LogP contribution in [-0.4, -0.2) is 15.2 Å². The van der Waals surface area contributed by atoms with Gasteiger partial charge in [0, 0.05) is 6.20 Å². The number of aromatic amines is 1. The van der Waals surface area contributed by atoms with E-state index >= 15 is 0 Å². The first kappa shape index (κ1) is 15.1. The maximum atomic E-state index is 6.21. The Labute approximate surface area is 128 Å². The molecule has 20 heavy (non-hydrogen) atoms. The summed E-state index contributed by atoms with van der Waals surface area (Å²) in [6.45, 7) is 4.33. The molecule has 3 N–H and O–H groups in total. The molecule has 0 bridgehead atoms. The number of nitrogens with two attached hydrogens (primary N) is 1. The van der Waals surface area contributed by atoms with Gasteiger partial charge >= 0.3 is 0 Å². The molecule has 0 spiro atoms. The van der Waals surface area contributed by atoms with Crippen molar-refractivity contribution in [3.8, 4) is 0 Å². The van der Waals surface area contributed by atoms with Crippen molar-refractivity contribution < 1.29 is 0 Å². The molecule has 6 heteroatoms. The average Bonchev–Trinajstić information content (AvgIpc) is 2.70. The Bertz CT molecular complexity index is 593. The number of H-pyrrole nitrogens is 1. The zero-order valence-electron chi connectivity index (χ0n) is 11.6. The van der Waals surface area contributed by atoms with Crippen LogP contribution < -0.4 is 5.73 Å². The smallest absolute Gasteiger partial charge is 0.173 e. The van der Waals surface area contributed by atoms with E-state index in [1.54, 1.807) is 6.20 Å².